The zero-order valence-electron chi connectivity index (χ0n) is 12.2. The molecule has 2 fully saturated rings. The van der Waals surface area contributed by atoms with Crippen LogP contribution < -0.4 is 5.73 Å². The molecule has 2 rings (SSSR count). The van der Waals surface area contributed by atoms with E-state index in [1.165, 1.54) is 32.1 Å². The molecule has 1 aliphatic heterocycles. The molecule has 2 nitrogen and oxygen atoms in total. The minimum atomic E-state index is 0.413. The molecule has 106 valence electrons. The molecule has 1 saturated heterocycles. The van der Waals surface area contributed by atoms with Gasteiger partial charge in [0.05, 0.1) is 0 Å². The molecule has 0 amide bonds. The second-order valence-corrected chi connectivity index (χ2v) is 8.57. The molecule has 1 saturated carbocycles. The standard InChI is InChI=1S/C15H29NOS/c1-15(2,3)11-4-5-13(16)14(10-11)18-12-6-8-17-9-7-12/h11-14H,4-10,16H2,1-3H3. The summed E-state index contributed by atoms with van der Waals surface area (Å²) < 4.78 is 5.45. The summed E-state index contributed by atoms with van der Waals surface area (Å²) in [6, 6.07) is 0.413. The van der Waals surface area contributed by atoms with Gasteiger partial charge in [-0.05, 0) is 43.4 Å². The summed E-state index contributed by atoms with van der Waals surface area (Å²) in [7, 11) is 0. The Morgan fingerprint density at radius 2 is 1.72 bits per heavy atom. The summed E-state index contributed by atoms with van der Waals surface area (Å²) in [6.45, 7) is 9.03. The van der Waals surface area contributed by atoms with Gasteiger partial charge in [0.2, 0.25) is 0 Å². The van der Waals surface area contributed by atoms with E-state index in [1.54, 1.807) is 0 Å². The smallest absolute Gasteiger partial charge is 0.0476 e. The maximum absolute atomic E-state index is 6.35. The molecular formula is C15H29NOS. The van der Waals surface area contributed by atoms with Crippen LogP contribution in [0.15, 0.2) is 0 Å². The molecule has 0 aromatic heterocycles. The molecule has 0 bridgehead atoms. The van der Waals surface area contributed by atoms with Gasteiger partial charge in [-0.1, -0.05) is 20.8 Å². The minimum absolute atomic E-state index is 0.413. The fourth-order valence-corrected chi connectivity index (χ4v) is 4.80. The quantitative estimate of drug-likeness (QED) is 0.835. The first kappa shape index (κ1) is 14.7. The van der Waals surface area contributed by atoms with Crippen LogP contribution in [0.4, 0.5) is 0 Å². The third-order valence-electron chi connectivity index (χ3n) is 4.60. The maximum atomic E-state index is 6.35. The number of rotatable bonds is 2. The Hall–Kier alpha value is 0.270. The lowest BCUT2D eigenvalue weighted by Gasteiger charge is -2.41. The van der Waals surface area contributed by atoms with E-state index in [0.29, 0.717) is 16.7 Å². The van der Waals surface area contributed by atoms with Crippen LogP contribution in [0.1, 0.15) is 52.9 Å². The van der Waals surface area contributed by atoms with Crippen LogP contribution in [0.2, 0.25) is 0 Å². The van der Waals surface area contributed by atoms with Crippen LogP contribution in [0, 0.1) is 11.3 Å². The Morgan fingerprint density at radius 3 is 2.33 bits per heavy atom. The van der Waals surface area contributed by atoms with E-state index in [9.17, 15) is 0 Å². The lowest BCUT2D eigenvalue weighted by Crippen LogP contribution is -2.42. The number of hydrogen-bond acceptors (Lipinski definition) is 3. The molecular weight excluding hydrogens is 242 g/mol. The minimum Gasteiger partial charge on any atom is -0.381 e. The highest BCUT2D eigenvalue weighted by molar-refractivity contribution is 8.00. The number of nitrogens with two attached hydrogens (primary N) is 1. The van der Waals surface area contributed by atoms with Gasteiger partial charge in [0.25, 0.3) is 0 Å². The van der Waals surface area contributed by atoms with Crippen molar-refractivity contribution in [3.05, 3.63) is 0 Å². The van der Waals surface area contributed by atoms with E-state index in [-0.39, 0.29) is 0 Å². The highest BCUT2D eigenvalue weighted by Crippen LogP contribution is 2.43. The summed E-state index contributed by atoms with van der Waals surface area (Å²) in [5.41, 5.74) is 6.79. The van der Waals surface area contributed by atoms with Crippen molar-refractivity contribution < 1.29 is 4.74 Å². The molecule has 1 aliphatic carbocycles. The first-order valence-corrected chi connectivity index (χ1v) is 8.40. The molecule has 2 N–H and O–H groups in total. The van der Waals surface area contributed by atoms with E-state index in [0.717, 1.165) is 24.4 Å². The van der Waals surface area contributed by atoms with Crippen LogP contribution in [-0.2, 0) is 4.74 Å². The van der Waals surface area contributed by atoms with Crippen molar-refractivity contribution in [1.82, 2.24) is 0 Å². The van der Waals surface area contributed by atoms with Gasteiger partial charge in [-0.2, -0.15) is 11.8 Å². The Labute approximate surface area is 116 Å². The van der Waals surface area contributed by atoms with E-state index in [1.807, 2.05) is 0 Å². The topological polar surface area (TPSA) is 35.2 Å². The van der Waals surface area contributed by atoms with Gasteiger partial charge < -0.3 is 10.5 Å². The molecule has 3 unspecified atom stereocenters. The largest absolute Gasteiger partial charge is 0.381 e. The average Bonchev–Trinajstić information content (AvgIpc) is 2.32. The highest BCUT2D eigenvalue weighted by Gasteiger charge is 2.35. The van der Waals surface area contributed by atoms with E-state index >= 15 is 0 Å². The molecule has 0 aromatic rings. The van der Waals surface area contributed by atoms with Crippen LogP contribution in [0.25, 0.3) is 0 Å². The third kappa shape index (κ3) is 3.88. The third-order valence-corrected chi connectivity index (χ3v) is 6.35. The molecule has 3 heteroatoms. The summed E-state index contributed by atoms with van der Waals surface area (Å²) >= 11 is 2.16. The van der Waals surface area contributed by atoms with Gasteiger partial charge in [-0.25, -0.2) is 0 Å². The van der Waals surface area contributed by atoms with Crippen molar-refractivity contribution in [2.75, 3.05) is 13.2 Å². The van der Waals surface area contributed by atoms with Crippen molar-refractivity contribution in [2.24, 2.45) is 17.1 Å². The SMILES string of the molecule is CC(C)(C)C1CCC(N)C(SC2CCOCC2)C1. The summed E-state index contributed by atoms with van der Waals surface area (Å²) in [5.74, 6) is 0.842. The summed E-state index contributed by atoms with van der Waals surface area (Å²) in [6.07, 6.45) is 6.27. The molecule has 0 aromatic carbocycles. The van der Waals surface area contributed by atoms with Crippen LogP contribution >= 0.6 is 11.8 Å². The fourth-order valence-electron chi connectivity index (χ4n) is 3.15. The maximum Gasteiger partial charge on any atom is 0.0476 e. The van der Waals surface area contributed by atoms with Gasteiger partial charge in [0.1, 0.15) is 0 Å². The first-order chi connectivity index (χ1) is 8.47. The van der Waals surface area contributed by atoms with Gasteiger partial charge in [0.15, 0.2) is 0 Å². The van der Waals surface area contributed by atoms with Crippen LogP contribution in [-0.4, -0.2) is 29.8 Å². The normalized spacial score (nSPS) is 35.7. The van der Waals surface area contributed by atoms with Gasteiger partial charge in [0, 0.05) is 29.8 Å². The fraction of sp³-hybridized carbons (Fsp3) is 1.00. The first-order valence-electron chi connectivity index (χ1n) is 7.45. The number of hydrogen-bond donors (Lipinski definition) is 1. The van der Waals surface area contributed by atoms with Crippen molar-refractivity contribution in [3.8, 4) is 0 Å². The number of ether oxygens (including phenoxy) is 1. The van der Waals surface area contributed by atoms with Crippen LogP contribution in [0.3, 0.4) is 0 Å². The van der Waals surface area contributed by atoms with Crippen molar-refractivity contribution in [2.45, 2.75) is 69.4 Å². The lowest BCUT2D eigenvalue weighted by molar-refractivity contribution is 0.0996. The number of thioether (sulfide) groups is 1. The predicted octanol–water partition coefficient (Wildman–Crippen LogP) is 3.44. The molecule has 18 heavy (non-hydrogen) atoms. The Kier molecular flexibility index (Phi) is 5.01. The predicted molar refractivity (Wildman–Crippen MR) is 80.0 cm³/mol. The van der Waals surface area contributed by atoms with Crippen molar-refractivity contribution >= 4 is 11.8 Å². The van der Waals surface area contributed by atoms with Gasteiger partial charge in [-0.3, -0.25) is 0 Å². The second-order valence-electron chi connectivity index (χ2n) is 7.03. The van der Waals surface area contributed by atoms with E-state index < -0.39 is 0 Å². The van der Waals surface area contributed by atoms with Crippen molar-refractivity contribution in [1.29, 1.82) is 0 Å². The second kappa shape index (κ2) is 6.15. The van der Waals surface area contributed by atoms with E-state index in [4.69, 9.17) is 10.5 Å². The lowest BCUT2D eigenvalue weighted by atomic mass is 9.71. The van der Waals surface area contributed by atoms with Crippen molar-refractivity contribution in [3.63, 3.8) is 0 Å². The zero-order valence-corrected chi connectivity index (χ0v) is 13.0. The average molecular weight is 271 g/mol. The molecule has 0 radical (unpaired) electrons. The summed E-state index contributed by atoms with van der Waals surface area (Å²) in [5, 5.41) is 1.46. The van der Waals surface area contributed by atoms with Gasteiger partial charge >= 0.3 is 0 Å². The molecule has 2 aliphatic rings. The monoisotopic (exact) mass is 271 g/mol. The Morgan fingerprint density at radius 1 is 1.06 bits per heavy atom. The van der Waals surface area contributed by atoms with Crippen LogP contribution in [0.5, 0.6) is 0 Å². The van der Waals surface area contributed by atoms with Gasteiger partial charge in [-0.15, -0.1) is 0 Å². The summed E-state index contributed by atoms with van der Waals surface area (Å²) in [4.78, 5) is 0. The Bertz CT molecular complexity index is 258. The molecule has 3 atom stereocenters. The molecule has 1 heterocycles. The zero-order chi connectivity index (χ0) is 13.2. The highest BCUT2D eigenvalue weighted by atomic mass is 32.2. The Balaban J connectivity index is 1.88. The van der Waals surface area contributed by atoms with E-state index in [2.05, 4.69) is 32.5 Å². The molecule has 0 spiro atoms.